The number of fused-ring (bicyclic) bond motifs is 1. The average Bonchev–Trinajstić information content (AvgIpc) is 3.10. The minimum atomic E-state index is -0.401. The van der Waals surface area contributed by atoms with Gasteiger partial charge in [0.25, 0.3) is 5.91 Å². The third-order valence-electron chi connectivity index (χ3n) is 3.78. The van der Waals surface area contributed by atoms with Gasteiger partial charge in [-0.2, -0.15) is 5.10 Å². The van der Waals surface area contributed by atoms with Crippen molar-refractivity contribution in [1.29, 1.82) is 0 Å². The zero-order valence-electron chi connectivity index (χ0n) is 13.1. The van der Waals surface area contributed by atoms with Gasteiger partial charge in [0, 0.05) is 16.6 Å². The molecule has 0 unspecified atom stereocenters. The third-order valence-corrected chi connectivity index (χ3v) is 3.78. The first-order valence-corrected chi connectivity index (χ1v) is 7.63. The number of nitrogens with two attached hydrogens (primary N) is 1. The minimum Gasteiger partial charge on any atom is -0.382 e. The van der Waals surface area contributed by atoms with Crippen molar-refractivity contribution in [3.05, 3.63) is 66.6 Å². The van der Waals surface area contributed by atoms with Crippen molar-refractivity contribution in [2.75, 3.05) is 11.1 Å². The Morgan fingerprint density at radius 2 is 1.92 bits per heavy atom. The summed E-state index contributed by atoms with van der Waals surface area (Å²) < 4.78 is 0. The van der Waals surface area contributed by atoms with Crippen LogP contribution in [0.2, 0.25) is 0 Å². The summed E-state index contributed by atoms with van der Waals surface area (Å²) in [6.45, 7) is 0. The molecule has 4 aromatic rings. The van der Waals surface area contributed by atoms with Gasteiger partial charge in [0.15, 0.2) is 11.5 Å². The van der Waals surface area contributed by atoms with Crippen molar-refractivity contribution >= 4 is 28.3 Å². The highest BCUT2D eigenvalue weighted by molar-refractivity contribution is 6.06. The number of rotatable bonds is 3. The Balaban J connectivity index is 1.69. The predicted molar refractivity (Wildman–Crippen MR) is 95.9 cm³/mol. The van der Waals surface area contributed by atoms with Crippen molar-refractivity contribution in [1.82, 2.24) is 20.2 Å². The fourth-order valence-electron chi connectivity index (χ4n) is 2.52. The van der Waals surface area contributed by atoms with Gasteiger partial charge < -0.3 is 11.1 Å². The Morgan fingerprint density at radius 1 is 1.08 bits per heavy atom. The molecule has 2 heterocycles. The van der Waals surface area contributed by atoms with Crippen LogP contribution in [0.25, 0.3) is 22.2 Å². The molecule has 0 spiro atoms. The van der Waals surface area contributed by atoms with Crippen LogP contribution < -0.4 is 11.1 Å². The number of anilines is 2. The molecule has 7 nitrogen and oxygen atoms in total. The van der Waals surface area contributed by atoms with Crippen LogP contribution in [0, 0.1) is 0 Å². The zero-order chi connectivity index (χ0) is 17.2. The van der Waals surface area contributed by atoms with E-state index in [1.807, 2.05) is 36.4 Å². The maximum atomic E-state index is 12.5. The number of aromatic nitrogens is 4. The number of hydrogen-bond acceptors (Lipinski definition) is 5. The van der Waals surface area contributed by atoms with Crippen LogP contribution >= 0.6 is 0 Å². The molecule has 0 radical (unpaired) electrons. The standard InChI is InChI=1S/C18H14N6O/c19-17-16(18(25)22-13-4-2-1-3-5-13)23-15(10-20-17)11-6-7-14-12(8-11)9-21-24-14/h1-10H,(H2,19,20)(H,21,24)(H,22,25). The van der Waals surface area contributed by atoms with Crippen molar-refractivity contribution in [3.8, 4) is 11.3 Å². The fourth-order valence-corrected chi connectivity index (χ4v) is 2.52. The van der Waals surface area contributed by atoms with Crippen LogP contribution in [0.1, 0.15) is 10.5 Å². The second-order valence-corrected chi connectivity index (χ2v) is 5.48. The lowest BCUT2D eigenvalue weighted by Crippen LogP contribution is -2.17. The molecule has 0 aliphatic carbocycles. The summed E-state index contributed by atoms with van der Waals surface area (Å²) in [6, 6.07) is 14.8. The van der Waals surface area contributed by atoms with Crippen molar-refractivity contribution in [2.24, 2.45) is 0 Å². The lowest BCUT2D eigenvalue weighted by Gasteiger charge is -2.08. The topological polar surface area (TPSA) is 110 Å². The van der Waals surface area contributed by atoms with E-state index in [4.69, 9.17) is 5.73 Å². The number of benzene rings is 2. The predicted octanol–water partition coefficient (Wildman–Crippen LogP) is 2.85. The summed E-state index contributed by atoms with van der Waals surface area (Å²) >= 11 is 0. The molecule has 1 amide bonds. The van der Waals surface area contributed by atoms with Crippen LogP contribution in [-0.4, -0.2) is 26.1 Å². The molecule has 122 valence electrons. The van der Waals surface area contributed by atoms with Crippen LogP contribution in [-0.2, 0) is 0 Å². The maximum absolute atomic E-state index is 12.5. The van der Waals surface area contributed by atoms with Gasteiger partial charge in [-0.25, -0.2) is 9.97 Å². The maximum Gasteiger partial charge on any atom is 0.278 e. The third kappa shape index (κ3) is 2.90. The monoisotopic (exact) mass is 330 g/mol. The first kappa shape index (κ1) is 14.8. The molecule has 4 N–H and O–H groups in total. The van der Waals surface area contributed by atoms with Crippen molar-refractivity contribution in [3.63, 3.8) is 0 Å². The van der Waals surface area contributed by atoms with Gasteiger partial charge in [0.1, 0.15) is 0 Å². The first-order chi connectivity index (χ1) is 12.2. The summed E-state index contributed by atoms with van der Waals surface area (Å²) in [6.07, 6.45) is 3.28. The fraction of sp³-hybridized carbons (Fsp3) is 0. The molecule has 4 rings (SSSR count). The summed E-state index contributed by atoms with van der Waals surface area (Å²) in [7, 11) is 0. The zero-order valence-corrected chi connectivity index (χ0v) is 13.1. The molecule has 0 saturated heterocycles. The van der Waals surface area contributed by atoms with Gasteiger partial charge in [-0.15, -0.1) is 0 Å². The molecule has 25 heavy (non-hydrogen) atoms. The van der Waals surface area contributed by atoms with Crippen molar-refractivity contribution < 1.29 is 4.79 Å². The van der Waals surface area contributed by atoms with E-state index in [0.29, 0.717) is 11.4 Å². The average molecular weight is 330 g/mol. The highest BCUT2D eigenvalue weighted by atomic mass is 16.1. The van der Waals surface area contributed by atoms with Gasteiger partial charge in [-0.05, 0) is 24.3 Å². The van der Waals surface area contributed by atoms with Crippen LogP contribution in [0.15, 0.2) is 60.9 Å². The molecular formula is C18H14N6O. The van der Waals surface area contributed by atoms with Gasteiger partial charge in [0.2, 0.25) is 0 Å². The molecule has 2 aromatic heterocycles. The lowest BCUT2D eigenvalue weighted by molar-refractivity contribution is 0.102. The normalized spacial score (nSPS) is 10.7. The molecule has 2 aromatic carbocycles. The van der Waals surface area contributed by atoms with Crippen molar-refractivity contribution in [2.45, 2.75) is 0 Å². The van der Waals surface area contributed by atoms with Gasteiger partial charge in [0.05, 0.1) is 23.6 Å². The van der Waals surface area contributed by atoms with E-state index in [1.165, 1.54) is 0 Å². The second kappa shape index (κ2) is 6.04. The number of hydrogen-bond donors (Lipinski definition) is 3. The molecule has 0 saturated carbocycles. The quantitative estimate of drug-likeness (QED) is 0.535. The van der Waals surface area contributed by atoms with Crippen LogP contribution in [0.5, 0.6) is 0 Å². The highest BCUT2D eigenvalue weighted by Gasteiger charge is 2.15. The molecular weight excluding hydrogens is 316 g/mol. The molecule has 0 atom stereocenters. The number of nitrogen functional groups attached to an aromatic ring is 1. The highest BCUT2D eigenvalue weighted by Crippen LogP contribution is 2.23. The number of H-pyrrole nitrogens is 1. The molecule has 7 heteroatoms. The molecule has 0 fully saturated rings. The minimum absolute atomic E-state index is 0.0848. The van der Waals surface area contributed by atoms with E-state index >= 15 is 0 Å². The summed E-state index contributed by atoms with van der Waals surface area (Å²) in [5.74, 6) is -0.316. The van der Waals surface area contributed by atoms with E-state index in [1.54, 1.807) is 24.5 Å². The second-order valence-electron chi connectivity index (χ2n) is 5.48. The van der Waals surface area contributed by atoms with Gasteiger partial charge in [-0.1, -0.05) is 24.3 Å². The van der Waals surface area contributed by atoms with Gasteiger partial charge in [-0.3, -0.25) is 9.89 Å². The number of nitrogens with one attached hydrogen (secondary N) is 2. The SMILES string of the molecule is Nc1ncc(-c2ccc3[nH]ncc3c2)nc1C(=O)Nc1ccccc1. The Kier molecular flexibility index (Phi) is 3.59. The van der Waals surface area contributed by atoms with E-state index in [2.05, 4.69) is 25.5 Å². The Bertz CT molecular complexity index is 1060. The van der Waals surface area contributed by atoms with E-state index in [-0.39, 0.29) is 11.5 Å². The van der Waals surface area contributed by atoms with Crippen LogP contribution in [0.4, 0.5) is 11.5 Å². The number of para-hydroxylation sites is 1. The summed E-state index contributed by atoms with van der Waals surface area (Å²) in [4.78, 5) is 21.0. The van der Waals surface area contributed by atoms with E-state index in [0.717, 1.165) is 16.5 Å². The lowest BCUT2D eigenvalue weighted by atomic mass is 10.1. The molecule has 0 aliphatic heterocycles. The number of carbonyl (C=O) groups is 1. The van der Waals surface area contributed by atoms with Crippen LogP contribution in [0.3, 0.4) is 0 Å². The number of carbonyl (C=O) groups excluding carboxylic acids is 1. The Hall–Kier alpha value is -3.74. The Morgan fingerprint density at radius 3 is 2.76 bits per heavy atom. The summed E-state index contributed by atoms with van der Waals surface area (Å²) in [5, 5.41) is 10.6. The Labute approximate surface area is 142 Å². The molecule has 0 bridgehead atoms. The number of aromatic amines is 1. The first-order valence-electron chi connectivity index (χ1n) is 7.63. The van der Waals surface area contributed by atoms with E-state index < -0.39 is 5.91 Å². The molecule has 0 aliphatic rings. The summed E-state index contributed by atoms with van der Waals surface area (Å²) in [5.41, 5.74) is 8.92. The van der Waals surface area contributed by atoms with Gasteiger partial charge >= 0.3 is 0 Å². The number of amides is 1. The van der Waals surface area contributed by atoms with E-state index in [9.17, 15) is 4.79 Å². The smallest absolute Gasteiger partial charge is 0.278 e. The number of nitrogens with zero attached hydrogens (tertiary/aromatic N) is 3. The largest absolute Gasteiger partial charge is 0.382 e.